The second-order valence-electron chi connectivity index (χ2n) is 7.52. The fourth-order valence-electron chi connectivity index (χ4n) is 2.90. The summed E-state index contributed by atoms with van der Waals surface area (Å²) in [6.45, 7) is 6.38. The first kappa shape index (κ1) is 21.2. The summed E-state index contributed by atoms with van der Waals surface area (Å²) < 4.78 is 32.8. The zero-order chi connectivity index (χ0) is 19.5. The number of carbonyl (C=O) groups excluding carboxylic acids is 1. The van der Waals surface area contributed by atoms with Crippen LogP contribution in [0.15, 0.2) is 29.2 Å². The quantitative estimate of drug-likeness (QED) is 0.662. The number of carbonyl (C=O) groups is 1. The van der Waals surface area contributed by atoms with Gasteiger partial charge in [0.15, 0.2) is 0 Å². The Kier molecular flexibility index (Phi) is 6.74. The van der Waals surface area contributed by atoms with Gasteiger partial charge >= 0.3 is 6.09 Å². The van der Waals surface area contributed by atoms with Crippen molar-refractivity contribution in [2.24, 2.45) is 0 Å². The maximum atomic E-state index is 13.0. The Bertz CT molecular complexity index is 746. The summed E-state index contributed by atoms with van der Waals surface area (Å²) in [5.41, 5.74) is 0.330. The lowest BCUT2D eigenvalue weighted by atomic mass is 10.1. The van der Waals surface area contributed by atoms with Crippen molar-refractivity contribution in [2.45, 2.75) is 55.5 Å². The molecule has 1 amide bonds. The van der Waals surface area contributed by atoms with E-state index in [1.165, 1.54) is 4.31 Å². The second kappa shape index (κ2) is 8.27. The van der Waals surface area contributed by atoms with Gasteiger partial charge in [-0.3, -0.25) is 0 Å². The summed E-state index contributed by atoms with van der Waals surface area (Å²) in [7, 11) is -2.04. The molecule has 26 heavy (non-hydrogen) atoms. The van der Waals surface area contributed by atoms with E-state index in [2.05, 4.69) is 15.9 Å². The maximum absolute atomic E-state index is 13.0. The number of ether oxygens (including phenoxy) is 1. The van der Waals surface area contributed by atoms with Crippen molar-refractivity contribution in [3.63, 3.8) is 0 Å². The highest BCUT2D eigenvalue weighted by atomic mass is 79.9. The number of hydrogen-bond donors (Lipinski definition) is 0. The predicted molar refractivity (Wildman–Crippen MR) is 105 cm³/mol. The Labute approximate surface area is 164 Å². The molecule has 1 aromatic carbocycles. The van der Waals surface area contributed by atoms with Crippen molar-refractivity contribution in [1.29, 1.82) is 0 Å². The number of piperidine rings is 1. The molecule has 1 aromatic rings. The number of hydrogen-bond acceptors (Lipinski definition) is 4. The Morgan fingerprint density at radius 3 is 2.69 bits per heavy atom. The van der Waals surface area contributed by atoms with E-state index >= 15 is 0 Å². The first-order valence-corrected chi connectivity index (χ1v) is 11.2. The van der Waals surface area contributed by atoms with Crippen LogP contribution in [0.5, 0.6) is 0 Å². The minimum atomic E-state index is -3.62. The molecular weight excluding hydrogens is 420 g/mol. The third kappa shape index (κ3) is 5.20. The van der Waals surface area contributed by atoms with Crippen LogP contribution in [0.3, 0.4) is 0 Å². The lowest BCUT2D eigenvalue weighted by Crippen LogP contribution is -2.51. The lowest BCUT2D eigenvalue weighted by Gasteiger charge is -2.37. The van der Waals surface area contributed by atoms with Gasteiger partial charge in [0.1, 0.15) is 5.60 Å². The highest BCUT2D eigenvalue weighted by molar-refractivity contribution is 9.08. The Hall–Kier alpha value is -1.12. The summed E-state index contributed by atoms with van der Waals surface area (Å²) in [6, 6.07) is 6.62. The number of likely N-dealkylation sites (tertiary alicyclic amines) is 1. The van der Waals surface area contributed by atoms with Crippen molar-refractivity contribution in [3.8, 4) is 0 Å². The van der Waals surface area contributed by atoms with Crippen LogP contribution in [0.25, 0.3) is 0 Å². The molecule has 2 rings (SSSR count). The molecule has 0 aromatic heterocycles. The summed E-state index contributed by atoms with van der Waals surface area (Å²) in [4.78, 5) is 14.2. The fourth-order valence-corrected chi connectivity index (χ4v) is 4.69. The summed E-state index contributed by atoms with van der Waals surface area (Å²) in [5, 5.41) is 0.593. The Morgan fingerprint density at radius 1 is 1.38 bits per heavy atom. The second-order valence-corrected chi connectivity index (χ2v) is 10.1. The fraction of sp³-hybridized carbons (Fsp3) is 0.611. The Morgan fingerprint density at radius 2 is 2.08 bits per heavy atom. The van der Waals surface area contributed by atoms with Gasteiger partial charge in [-0.2, -0.15) is 4.31 Å². The zero-order valence-electron chi connectivity index (χ0n) is 15.7. The van der Waals surface area contributed by atoms with Crippen LogP contribution in [0.2, 0.25) is 0 Å². The van der Waals surface area contributed by atoms with E-state index in [9.17, 15) is 13.2 Å². The van der Waals surface area contributed by atoms with Gasteiger partial charge in [0.05, 0.1) is 4.90 Å². The standard InChI is InChI=1S/C18H27BrN2O4S/c1-18(2,3)25-17(22)21-10-6-8-15(13-21)20(4)26(23,24)16-9-5-7-14(11-16)12-19/h5,7,9,11,15H,6,8,10,12-13H2,1-4H3. The minimum Gasteiger partial charge on any atom is -0.444 e. The van der Waals surface area contributed by atoms with E-state index in [1.54, 1.807) is 30.1 Å². The van der Waals surface area contributed by atoms with Crippen LogP contribution < -0.4 is 0 Å². The number of amides is 1. The van der Waals surface area contributed by atoms with Crippen molar-refractivity contribution >= 4 is 32.0 Å². The molecule has 1 saturated heterocycles. The molecule has 0 saturated carbocycles. The topological polar surface area (TPSA) is 66.9 Å². The molecular formula is C18H27BrN2O4S. The van der Waals surface area contributed by atoms with Gasteiger partial charge < -0.3 is 9.64 Å². The first-order valence-electron chi connectivity index (χ1n) is 8.65. The van der Waals surface area contributed by atoms with Crippen LogP contribution in [-0.4, -0.2) is 55.5 Å². The normalized spacial score (nSPS) is 18.8. The molecule has 0 N–H and O–H groups in total. The molecule has 1 aliphatic heterocycles. The average molecular weight is 447 g/mol. The van der Waals surface area contributed by atoms with Crippen LogP contribution >= 0.6 is 15.9 Å². The number of alkyl halides is 1. The van der Waals surface area contributed by atoms with E-state index in [1.807, 2.05) is 26.8 Å². The van der Waals surface area contributed by atoms with Crippen LogP contribution in [-0.2, 0) is 20.1 Å². The molecule has 0 aliphatic carbocycles. The monoisotopic (exact) mass is 446 g/mol. The zero-order valence-corrected chi connectivity index (χ0v) is 18.1. The van der Waals surface area contributed by atoms with E-state index in [0.717, 1.165) is 12.0 Å². The van der Waals surface area contributed by atoms with Gasteiger partial charge in [0.2, 0.25) is 10.0 Å². The molecule has 146 valence electrons. The number of sulfonamides is 1. The van der Waals surface area contributed by atoms with Gasteiger partial charge in [0, 0.05) is 31.5 Å². The van der Waals surface area contributed by atoms with Crippen molar-refractivity contribution in [3.05, 3.63) is 29.8 Å². The number of halogens is 1. The first-order chi connectivity index (χ1) is 12.0. The summed E-state index contributed by atoms with van der Waals surface area (Å²) in [6.07, 6.45) is 1.06. The molecule has 1 unspecified atom stereocenters. The van der Waals surface area contributed by atoms with Crippen LogP contribution in [0, 0.1) is 0 Å². The van der Waals surface area contributed by atoms with Gasteiger partial charge in [-0.05, 0) is 51.3 Å². The van der Waals surface area contributed by atoms with E-state index < -0.39 is 21.7 Å². The molecule has 0 bridgehead atoms. The lowest BCUT2D eigenvalue weighted by molar-refractivity contribution is 0.0163. The van der Waals surface area contributed by atoms with Crippen LogP contribution in [0.1, 0.15) is 39.2 Å². The molecule has 1 aliphatic rings. The van der Waals surface area contributed by atoms with E-state index in [0.29, 0.717) is 24.8 Å². The maximum Gasteiger partial charge on any atom is 0.410 e. The van der Waals surface area contributed by atoms with Gasteiger partial charge in [0.25, 0.3) is 0 Å². The molecule has 1 fully saturated rings. The van der Waals surface area contributed by atoms with Crippen molar-refractivity contribution in [2.75, 3.05) is 20.1 Å². The molecule has 0 radical (unpaired) electrons. The predicted octanol–water partition coefficient (Wildman–Crippen LogP) is 3.60. The minimum absolute atomic E-state index is 0.270. The van der Waals surface area contributed by atoms with Gasteiger partial charge in [-0.15, -0.1) is 0 Å². The molecule has 6 nitrogen and oxygen atoms in total. The number of likely N-dealkylation sites (N-methyl/N-ethyl adjacent to an activating group) is 1. The SMILES string of the molecule is CN(C1CCCN(C(=O)OC(C)(C)C)C1)S(=O)(=O)c1cccc(CBr)c1. The van der Waals surface area contributed by atoms with Crippen LogP contribution in [0.4, 0.5) is 4.79 Å². The Balaban J connectivity index is 2.15. The molecule has 1 atom stereocenters. The third-order valence-electron chi connectivity index (χ3n) is 4.29. The van der Waals surface area contributed by atoms with Crippen molar-refractivity contribution < 1.29 is 17.9 Å². The highest BCUT2D eigenvalue weighted by Gasteiger charge is 2.34. The molecule has 0 spiro atoms. The summed E-state index contributed by atoms with van der Waals surface area (Å²) in [5.74, 6) is 0. The summed E-state index contributed by atoms with van der Waals surface area (Å²) >= 11 is 3.35. The van der Waals surface area contributed by atoms with Gasteiger partial charge in [-0.1, -0.05) is 28.1 Å². The van der Waals surface area contributed by atoms with E-state index in [-0.39, 0.29) is 10.9 Å². The average Bonchev–Trinajstić information content (AvgIpc) is 2.59. The largest absolute Gasteiger partial charge is 0.444 e. The smallest absolute Gasteiger partial charge is 0.410 e. The number of rotatable bonds is 4. The van der Waals surface area contributed by atoms with Gasteiger partial charge in [-0.25, -0.2) is 13.2 Å². The molecule has 1 heterocycles. The number of benzene rings is 1. The highest BCUT2D eigenvalue weighted by Crippen LogP contribution is 2.24. The number of nitrogens with zero attached hydrogens (tertiary/aromatic N) is 2. The third-order valence-corrected chi connectivity index (χ3v) is 6.85. The molecule has 8 heteroatoms. The van der Waals surface area contributed by atoms with E-state index in [4.69, 9.17) is 4.74 Å². The van der Waals surface area contributed by atoms with Crippen molar-refractivity contribution in [1.82, 2.24) is 9.21 Å².